The summed E-state index contributed by atoms with van der Waals surface area (Å²) in [4.78, 5) is 5.10. The molecule has 0 saturated carbocycles. The lowest BCUT2D eigenvalue weighted by atomic mass is 9.86. The third kappa shape index (κ3) is 7.94. The van der Waals surface area contributed by atoms with Gasteiger partial charge in [-0.3, -0.25) is 0 Å². The van der Waals surface area contributed by atoms with E-state index in [1.165, 1.54) is 121 Å². The van der Waals surface area contributed by atoms with E-state index >= 15 is 0 Å². The van der Waals surface area contributed by atoms with Gasteiger partial charge in [0.2, 0.25) is 0 Å². The van der Waals surface area contributed by atoms with E-state index in [1.807, 2.05) is 0 Å². The first-order chi connectivity index (χ1) is 40.6. The van der Waals surface area contributed by atoms with Gasteiger partial charge in [-0.2, -0.15) is 0 Å². The van der Waals surface area contributed by atoms with Crippen LogP contribution < -0.4 is 9.80 Å². The van der Waals surface area contributed by atoms with Crippen LogP contribution in [0.25, 0.3) is 98.4 Å². The van der Waals surface area contributed by atoms with Gasteiger partial charge >= 0.3 is 0 Å². The van der Waals surface area contributed by atoms with Gasteiger partial charge in [0.1, 0.15) is 0 Å². The quantitative estimate of drug-likeness (QED) is 0.136. The molecule has 0 amide bonds. The molecule has 0 bridgehead atoms. The number of aromatic nitrogens is 2. The first-order valence-corrected chi connectivity index (χ1v) is 30.1. The Hall–Kier alpha value is -9.38. The van der Waals surface area contributed by atoms with Crippen LogP contribution in [0, 0.1) is 0 Å². The zero-order chi connectivity index (χ0) is 57.5. The van der Waals surface area contributed by atoms with Crippen LogP contribution in [-0.4, -0.2) is 8.80 Å². The zero-order valence-electron chi connectivity index (χ0n) is 49.9. The number of fused-ring (bicyclic) bond motifs is 12. The van der Waals surface area contributed by atoms with Crippen molar-refractivity contribution in [3.8, 4) is 22.3 Å². The first-order valence-electron chi connectivity index (χ1n) is 30.1. The van der Waals surface area contributed by atoms with E-state index < -0.39 is 0 Å². The fraction of sp³-hybridized carbons (Fsp3) is 0.175. The Labute approximate surface area is 493 Å². The summed E-state index contributed by atoms with van der Waals surface area (Å²) < 4.78 is 5.21. The van der Waals surface area contributed by atoms with Gasteiger partial charge in [0.25, 0.3) is 0 Å². The van der Waals surface area contributed by atoms with Crippen molar-refractivity contribution < 1.29 is 0 Å². The number of rotatable bonds is 10. The molecule has 0 radical (unpaired) electrons. The monoisotopic (exact) mass is 1090 g/mol. The number of hydrogen-bond donors (Lipinski definition) is 0. The summed E-state index contributed by atoms with van der Waals surface area (Å²) >= 11 is 0. The minimum absolute atomic E-state index is 0.0632. The molecular formula is C80H70N4. The van der Waals surface area contributed by atoms with E-state index in [4.69, 9.17) is 0 Å². The molecule has 0 aliphatic carbocycles. The normalized spacial score (nSPS) is 12.6. The second-order valence-electron chi connectivity index (χ2n) is 26.2. The molecule has 0 saturated heterocycles. The molecule has 0 unspecified atom stereocenters. The molecule has 15 rings (SSSR count). The van der Waals surface area contributed by atoms with Crippen LogP contribution in [0.3, 0.4) is 0 Å². The van der Waals surface area contributed by atoms with Gasteiger partial charge in [-0.05, 0) is 141 Å². The highest BCUT2D eigenvalue weighted by atomic mass is 15.2. The maximum absolute atomic E-state index is 2.61. The highest BCUT2D eigenvalue weighted by molar-refractivity contribution is 6.32. The minimum Gasteiger partial charge on any atom is -0.309 e. The number of nitrogens with zero attached hydrogens (tertiary/aromatic N) is 4. The molecule has 410 valence electrons. The van der Waals surface area contributed by atoms with Gasteiger partial charge < -0.3 is 18.6 Å². The second kappa shape index (κ2) is 19.1. The summed E-state index contributed by atoms with van der Waals surface area (Å²) in [7, 11) is 0. The van der Waals surface area contributed by atoms with Gasteiger partial charge in [0, 0.05) is 65.6 Å². The molecule has 0 aliphatic rings. The summed E-state index contributed by atoms with van der Waals surface area (Å²) in [5, 5.41) is 10.0. The summed E-state index contributed by atoms with van der Waals surface area (Å²) in [5.74, 6) is 0.725. The summed E-state index contributed by atoms with van der Waals surface area (Å²) in [5.41, 5.74) is 24.1. The standard InChI is InChI=1S/C80H70N4/c1-49(2)53-27-21-29-57(43-53)81(67-33-19-17-31-59(67)51-23-13-11-14-24-51)71-41-37-61-63-47-74-64(48-73(63)83-69-39-35-55(79(5,6)7)45-65(69)75(71)77(61)83)62-38-42-72(76-66-46-56(80(8,9)10)36-40-70(66)84(74)78(62)76)82(58-30-22-28-54(44-58)50(3)4)68-34-20-18-32-60(68)52-25-15-12-16-26-52/h11-50H,1-10H3. The summed E-state index contributed by atoms with van der Waals surface area (Å²) in [6.45, 7) is 23.2. The highest BCUT2D eigenvalue weighted by Gasteiger charge is 2.31. The smallest absolute Gasteiger partial charge is 0.0641 e. The number of hydrogen-bond acceptors (Lipinski definition) is 2. The van der Waals surface area contributed by atoms with Crippen molar-refractivity contribution in [3.05, 3.63) is 253 Å². The third-order valence-corrected chi connectivity index (χ3v) is 18.2. The van der Waals surface area contributed by atoms with Crippen LogP contribution in [0.4, 0.5) is 34.1 Å². The molecule has 4 aromatic heterocycles. The van der Waals surface area contributed by atoms with E-state index in [0.717, 1.165) is 34.1 Å². The largest absolute Gasteiger partial charge is 0.309 e. The number of benzene rings is 11. The second-order valence-corrected chi connectivity index (χ2v) is 26.2. The molecule has 0 spiro atoms. The topological polar surface area (TPSA) is 15.3 Å². The number of para-hydroxylation sites is 2. The van der Waals surface area contributed by atoms with Crippen molar-refractivity contribution in [1.82, 2.24) is 8.80 Å². The molecular weight excluding hydrogens is 1020 g/mol. The lowest BCUT2D eigenvalue weighted by Crippen LogP contribution is -2.12. The van der Waals surface area contributed by atoms with Crippen LogP contribution in [0.15, 0.2) is 231 Å². The van der Waals surface area contributed by atoms with Crippen molar-refractivity contribution in [3.63, 3.8) is 0 Å². The average Bonchev–Trinajstić information content (AvgIpc) is 1.56. The molecule has 4 heteroatoms. The fourth-order valence-electron chi connectivity index (χ4n) is 13.8. The molecule has 15 aromatic rings. The van der Waals surface area contributed by atoms with Gasteiger partial charge in [-0.15, -0.1) is 0 Å². The molecule has 0 aliphatic heterocycles. The van der Waals surface area contributed by atoms with Crippen molar-refractivity contribution in [1.29, 1.82) is 0 Å². The van der Waals surface area contributed by atoms with Crippen molar-refractivity contribution in [2.45, 2.75) is 91.9 Å². The van der Waals surface area contributed by atoms with Crippen LogP contribution in [0.2, 0.25) is 0 Å². The Bertz CT molecular complexity index is 4720. The lowest BCUT2D eigenvalue weighted by Gasteiger charge is -2.29. The fourth-order valence-corrected chi connectivity index (χ4v) is 13.8. The number of anilines is 6. The SMILES string of the molecule is CC(C)c1cccc(N(c2ccccc2-c2ccccc2)c2ccc3c4cc5c(cc4n4c6ccc(C(C)(C)C)cc6c2c34)c2ccc(N(c3cccc(C(C)C)c3)c3ccccc3-c3ccccc3)c3c4cc(C(C)(C)C)ccc4n5c23)c1. The van der Waals surface area contributed by atoms with Gasteiger partial charge in [-0.1, -0.05) is 215 Å². The summed E-state index contributed by atoms with van der Waals surface area (Å²) in [6, 6.07) is 87.4. The van der Waals surface area contributed by atoms with Crippen LogP contribution in [-0.2, 0) is 10.8 Å². The van der Waals surface area contributed by atoms with Gasteiger partial charge in [0.15, 0.2) is 0 Å². The predicted octanol–water partition coefficient (Wildman–Crippen LogP) is 23.1. The maximum atomic E-state index is 2.61. The maximum Gasteiger partial charge on any atom is 0.0641 e. The average molecular weight is 1090 g/mol. The van der Waals surface area contributed by atoms with Crippen LogP contribution in [0.5, 0.6) is 0 Å². The first kappa shape index (κ1) is 51.5. The molecule has 4 nitrogen and oxygen atoms in total. The van der Waals surface area contributed by atoms with Crippen molar-refractivity contribution in [2.75, 3.05) is 9.80 Å². The van der Waals surface area contributed by atoms with Crippen molar-refractivity contribution in [2.24, 2.45) is 0 Å². The third-order valence-electron chi connectivity index (χ3n) is 18.2. The molecule has 4 heterocycles. The van der Waals surface area contributed by atoms with Gasteiger partial charge in [-0.25, -0.2) is 0 Å². The summed E-state index contributed by atoms with van der Waals surface area (Å²) in [6.07, 6.45) is 0. The Kier molecular flexibility index (Phi) is 11.7. The van der Waals surface area contributed by atoms with E-state index in [9.17, 15) is 0 Å². The molecule has 11 aromatic carbocycles. The van der Waals surface area contributed by atoms with E-state index in [0.29, 0.717) is 11.8 Å². The van der Waals surface area contributed by atoms with E-state index in [1.54, 1.807) is 0 Å². The molecule has 84 heavy (non-hydrogen) atoms. The van der Waals surface area contributed by atoms with Crippen LogP contribution >= 0.6 is 0 Å². The Morgan fingerprint density at radius 3 is 1.10 bits per heavy atom. The predicted molar refractivity (Wildman–Crippen MR) is 362 cm³/mol. The molecule has 0 fully saturated rings. The highest BCUT2D eigenvalue weighted by Crippen LogP contribution is 2.54. The Morgan fingerprint density at radius 1 is 0.310 bits per heavy atom. The minimum atomic E-state index is -0.0632. The zero-order valence-corrected chi connectivity index (χ0v) is 49.9. The molecule has 0 atom stereocenters. The van der Waals surface area contributed by atoms with Crippen molar-refractivity contribution >= 4 is 110 Å². The Morgan fingerprint density at radius 2 is 0.702 bits per heavy atom. The lowest BCUT2D eigenvalue weighted by molar-refractivity contribution is 0.591. The van der Waals surface area contributed by atoms with E-state index in [2.05, 4.69) is 318 Å². The van der Waals surface area contributed by atoms with E-state index in [-0.39, 0.29) is 10.8 Å². The van der Waals surface area contributed by atoms with Crippen LogP contribution in [0.1, 0.15) is 103 Å². The Balaban J connectivity index is 1.05. The van der Waals surface area contributed by atoms with Gasteiger partial charge in [0.05, 0.1) is 55.8 Å². The molecule has 0 N–H and O–H groups in total.